The molecule has 3 aromatic rings. The first kappa shape index (κ1) is 23.8. The van der Waals surface area contributed by atoms with Crippen molar-refractivity contribution in [1.82, 2.24) is 5.32 Å². The Morgan fingerprint density at radius 3 is 2.19 bits per heavy atom. The Morgan fingerprint density at radius 2 is 1.53 bits per heavy atom. The van der Waals surface area contributed by atoms with Gasteiger partial charge >= 0.3 is 5.97 Å². The highest BCUT2D eigenvalue weighted by Crippen LogP contribution is 2.45. The fourth-order valence-electron chi connectivity index (χ4n) is 5.35. The Labute approximate surface area is 212 Å². The van der Waals surface area contributed by atoms with E-state index < -0.39 is 11.9 Å². The minimum atomic E-state index is -0.445. The molecule has 182 valence electrons. The number of hydrogen-bond acceptors (Lipinski definition) is 4. The lowest BCUT2D eigenvalue weighted by atomic mass is 9.71. The molecular formula is C32H31NO3. The van der Waals surface area contributed by atoms with Crippen LogP contribution in [0.4, 0.5) is 0 Å². The van der Waals surface area contributed by atoms with Gasteiger partial charge in [-0.3, -0.25) is 4.79 Å². The summed E-state index contributed by atoms with van der Waals surface area (Å²) in [5.74, 6) is -0.631. The predicted molar refractivity (Wildman–Crippen MR) is 141 cm³/mol. The van der Waals surface area contributed by atoms with E-state index in [9.17, 15) is 9.59 Å². The van der Waals surface area contributed by atoms with Crippen molar-refractivity contribution in [3.05, 3.63) is 130 Å². The number of dihydropyridines is 1. The molecule has 0 spiro atoms. The quantitative estimate of drug-likeness (QED) is 0.420. The Balaban J connectivity index is 1.51. The zero-order valence-electron chi connectivity index (χ0n) is 20.8. The third kappa shape index (κ3) is 4.76. The maximum atomic E-state index is 13.7. The average Bonchev–Trinajstić information content (AvgIpc) is 2.92. The van der Waals surface area contributed by atoms with Crippen molar-refractivity contribution in [3.8, 4) is 0 Å². The molecule has 1 heterocycles. The molecule has 36 heavy (non-hydrogen) atoms. The first-order chi connectivity index (χ1) is 17.5. The number of nitrogens with one attached hydrogen (secondary N) is 1. The highest BCUT2D eigenvalue weighted by atomic mass is 16.5. The van der Waals surface area contributed by atoms with Gasteiger partial charge in [-0.05, 0) is 47.9 Å². The zero-order chi connectivity index (χ0) is 25.1. The van der Waals surface area contributed by atoms with Gasteiger partial charge in [-0.1, -0.05) is 91.9 Å². The van der Waals surface area contributed by atoms with Crippen LogP contribution in [0.15, 0.2) is 107 Å². The Kier molecular flexibility index (Phi) is 6.86. The van der Waals surface area contributed by atoms with E-state index in [4.69, 9.17) is 4.74 Å². The number of carbonyl (C=O) groups is 2. The number of hydrogen-bond donors (Lipinski definition) is 1. The van der Waals surface area contributed by atoms with Crippen molar-refractivity contribution in [2.75, 3.05) is 0 Å². The molecule has 0 fully saturated rings. The maximum absolute atomic E-state index is 13.7. The van der Waals surface area contributed by atoms with Crippen LogP contribution in [0.1, 0.15) is 60.8 Å². The van der Waals surface area contributed by atoms with Gasteiger partial charge in [0, 0.05) is 29.3 Å². The van der Waals surface area contributed by atoms with E-state index in [1.54, 1.807) is 0 Å². The van der Waals surface area contributed by atoms with Crippen LogP contribution in [0, 0.1) is 0 Å². The van der Waals surface area contributed by atoms with Crippen LogP contribution in [0.3, 0.4) is 0 Å². The molecule has 2 aliphatic rings. The lowest BCUT2D eigenvalue weighted by molar-refractivity contribution is -0.140. The minimum absolute atomic E-state index is 0.0861. The van der Waals surface area contributed by atoms with E-state index in [-0.39, 0.29) is 18.3 Å². The lowest BCUT2D eigenvalue weighted by Gasteiger charge is -2.36. The van der Waals surface area contributed by atoms with Gasteiger partial charge in [-0.15, -0.1) is 0 Å². The molecule has 2 atom stereocenters. The summed E-state index contributed by atoms with van der Waals surface area (Å²) in [6.07, 6.45) is 2.09. The second kappa shape index (κ2) is 10.4. The number of benzene rings is 3. The van der Waals surface area contributed by atoms with Crippen LogP contribution >= 0.6 is 0 Å². The number of carbonyl (C=O) groups excluding carboxylic acids is 2. The van der Waals surface area contributed by atoms with Crippen LogP contribution in [0.5, 0.6) is 0 Å². The van der Waals surface area contributed by atoms with Crippen molar-refractivity contribution >= 4 is 11.8 Å². The van der Waals surface area contributed by atoms with Crippen molar-refractivity contribution in [2.24, 2.45) is 0 Å². The summed E-state index contributed by atoms with van der Waals surface area (Å²) in [7, 11) is 0. The monoisotopic (exact) mass is 477 g/mol. The molecule has 0 bridgehead atoms. The number of Topliss-reactive ketones (excluding diaryl/α,β-unsaturated/α-hetero) is 1. The van der Waals surface area contributed by atoms with Gasteiger partial charge in [0.05, 0.1) is 5.57 Å². The molecule has 5 rings (SSSR count). The molecule has 1 aliphatic heterocycles. The topological polar surface area (TPSA) is 55.4 Å². The summed E-state index contributed by atoms with van der Waals surface area (Å²) in [6, 6.07) is 28.1. The van der Waals surface area contributed by atoms with E-state index in [0.717, 1.165) is 40.9 Å². The molecule has 3 aromatic carbocycles. The van der Waals surface area contributed by atoms with Crippen LogP contribution in [0.25, 0.3) is 0 Å². The zero-order valence-corrected chi connectivity index (χ0v) is 20.8. The molecule has 4 heteroatoms. The molecule has 0 aromatic heterocycles. The normalized spacial score (nSPS) is 19.6. The van der Waals surface area contributed by atoms with Gasteiger partial charge in [0.15, 0.2) is 5.78 Å². The van der Waals surface area contributed by atoms with Gasteiger partial charge in [0.25, 0.3) is 0 Å². The molecule has 0 unspecified atom stereocenters. The number of ether oxygens (including phenoxy) is 1. The van der Waals surface area contributed by atoms with Crippen molar-refractivity contribution < 1.29 is 14.3 Å². The average molecular weight is 478 g/mol. The SMILES string of the molecule is CCc1ccc([C@@H]2C(C(=O)OCc3ccccc3)=C(C)NC3=C2C(=O)C[C@H](c2ccccc2)C3)cc1. The highest BCUT2D eigenvalue weighted by molar-refractivity contribution is 6.04. The van der Waals surface area contributed by atoms with E-state index in [1.807, 2.05) is 67.6 Å². The third-order valence-electron chi connectivity index (χ3n) is 7.25. The minimum Gasteiger partial charge on any atom is -0.457 e. The largest absolute Gasteiger partial charge is 0.457 e. The number of rotatable bonds is 6. The van der Waals surface area contributed by atoms with Gasteiger partial charge in [0.1, 0.15) is 6.61 Å². The Hall–Kier alpha value is -3.92. The van der Waals surface area contributed by atoms with E-state index in [0.29, 0.717) is 17.6 Å². The second-order valence-corrected chi connectivity index (χ2v) is 9.58. The van der Waals surface area contributed by atoms with Crippen LogP contribution in [0.2, 0.25) is 0 Å². The Morgan fingerprint density at radius 1 is 0.861 bits per heavy atom. The molecular weight excluding hydrogens is 446 g/mol. The summed E-state index contributed by atoms with van der Waals surface area (Å²) < 4.78 is 5.77. The first-order valence-corrected chi connectivity index (χ1v) is 12.6. The highest BCUT2D eigenvalue weighted by Gasteiger charge is 2.41. The Bertz CT molecular complexity index is 1320. The summed E-state index contributed by atoms with van der Waals surface area (Å²) in [5, 5.41) is 3.44. The summed E-state index contributed by atoms with van der Waals surface area (Å²) in [5.41, 5.74) is 7.13. The van der Waals surface area contributed by atoms with Gasteiger partial charge in [-0.2, -0.15) is 0 Å². The summed E-state index contributed by atoms with van der Waals surface area (Å²) >= 11 is 0. The van der Waals surface area contributed by atoms with Crippen LogP contribution in [-0.2, 0) is 27.4 Å². The van der Waals surface area contributed by atoms with E-state index in [2.05, 4.69) is 36.5 Å². The van der Waals surface area contributed by atoms with E-state index >= 15 is 0 Å². The van der Waals surface area contributed by atoms with Gasteiger partial charge < -0.3 is 10.1 Å². The first-order valence-electron chi connectivity index (χ1n) is 12.6. The summed E-state index contributed by atoms with van der Waals surface area (Å²) in [4.78, 5) is 27.2. The fourth-order valence-corrected chi connectivity index (χ4v) is 5.35. The molecule has 4 nitrogen and oxygen atoms in total. The number of esters is 1. The predicted octanol–water partition coefficient (Wildman–Crippen LogP) is 6.35. The second-order valence-electron chi connectivity index (χ2n) is 9.58. The number of aryl methyl sites for hydroxylation is 1. The van der Waals surface area contributed by atoms with Crippen LogP contribution < -0.4 is 5.32 Å². The molecule has 0 saturated heterocycles. The third-order valence-corrected chi connectivity index (χ3v) is 7.25. The number of allylic oxidation sites excluding steroid dienone is 3. The van der Waals surface area contributed by atoms with Gasteiger partial charge in [-0.25, -0.2) is 4.79 Å². The fraction of sp³-hybridized carbons (Fsp3) is 0.250. The molecule has 0 amide bonds. The maximum Gasteiger partial charge on any atom is 0.337 e. The van der Waals surface area contributed by atoms with Crippen molar-refractivity contribution in [3.63, 3.8) is 0 Å². The molecule has 1 N–H and O–H groups in total. The standard InChI is InChI=1S/C32H31NO3/c1-3-22-14-16-25(17-15-22)30-29(32(35)36-20-23-10-6-4-7-11-23)21(2)33-27-18-26(19-28(34)31(27)30)24-12-8-5-9-13-24/h4-17,26,30,33H,3,18-20H2,1-2H3/t26-,30-/m1/s1. The summed E-state index contributed by atoms with van der Waals surface area (Å²) in [6.45, 7) is 4.21. The molecule has 1 aliphatic carbocycles. The van der Waals surface area contributed by atoms with Crippen molar-refractivity contribution in [1.29, 1.82) is 0 Å². The molecule has 0 radical (unpaired) electrons. The van der Waals surface area contributed by atoms with Crippen LogP contribution in [-0.4, -0.2) is 11.8 Å². The lowest BCUT2D eigenvalue weighted by Crippen LogP contribution is -2.36. The number of ketones is 1. The van der Waals surface area contributed by atoms with E-state index in [1.165, 1.54) is 5.56 Å². The smallest absolute Gasteiger partial charge is 0.337 e. The van der Waals surface area contributed by atoms with Crippen molar-refractivity contribution in [2.45, 2.75) is 51.6 Å². The molecule has 0 saturated carbocycles. The van der Waals surface area contributed by atoms with Gasteiger partial charge in [0.2, 0.25) is 0 Å².